The lowest BCUT2D eigenvalue weighted by Crippen LogP contribution is -2.41. The van der Waals surface area contributed by atoms with Gasteiger partial charge in [-0.25, -0.2) is 17.2 Å². The number of rotatable bonds is 9. The zero-order chi connectivity index (χ0) is 19.2. The van der Waals surface area contributed by atoms with E-state index < -0.39 is 34.1 Å². The molecule has 142 valence electrons. The number of thioether (sulfide) groups is 1. The van der Waals surface area contributed by atoms with Gasteiger partial charge in [-0.1, -0.05) is 0 Å². The summed E-state index contributed by atoms with van der Waals surface area (Å²) in [7, 11) is -3.84. The normalized spacial score (nSPS) is 11.3. The molecule has 1 amide bonds. The molecule has 26 heavy (non-hydrogen) atoms. The van der Waals surface area contributed by atoms with Gasteiger partial charge in [-0.15, -0.1) is 0 Å². The summed E-state index contributed by atoms with van der Waals surface area (Å²) >= 11 is 1.55. The standard InChI is InChI=1S/C16H18F2N2O4S2/c1-26(22,23)20(12-4-5-14(17)15(18)9-12)10-16(21)19-6-8-25-11-13-3-2-7-24-13/h2-5,7,9H,6,8,10-11H2,1H3,(H,19,21). The van der Waals surface area contributed by atoms with Crippen LogP contribution >= 0.6 is 11.8 Å². The molecule has 0 radical (unpaired) electrons. The van der Waals surface area contributed by atoms with Crippen molar-refractivity contribution in [2.75, 3.05) is 29.4 Å². The summed E-state index contributed by atoms with van der Waals surface area (Å²) in [5.41, 5.74) is -0.117. The second-order valence-electron chi connectivity index (χ2n) is 5.35. The third-order valence-electron chi connectivity index (χ3n) is 3.27. The number of carbonyl (C=O) groups excluding carboxylic acids is 1. The molecule has 0 saturated heterocycles. The molecule has 10 heteroatoms. The maximum absolute atomic E-state index is 13.4. The van der Waals surface area contributed by atoms with Crippen LogP contribution in [0.3, 0.4) is 0 Å². The summed E-state index contributed by atoms with van der Waals surface area (Å²) in [6.45, 7) is -0.188. The lowest BCUT2D eigenvalue weighted by atomic mass is 10.3. The Morgan fingerprint density at radius 3 is 2.65 bits per heavy atom. The van der Waals surface area contributed by atoms with Gasteiger partial charge in [0.15, 0.2) is 11.6 Å². The lowest BCUT2D eigenvalue weighted by molar-refractivity contribution is -0.119. The quantitative estimate of drug-likeness (QED) is 0.649. The van der Waals surface area contributed by atoms with Crippen molar-refractivity contribution in [1.29, 1.82) is 0 Å². The van der Waals surface area contributed by atoms with E-state index in [4.69, 9.17) is 4.42 Å². The molecule has 0 bridgehead atoms. The van der Waals surface area contributed by atoms with Crippen molar-refractivity contribution in [3.05, 3.63) is 54.0 Å². The average Bonchev–Trinajstić information content (AvgIpc) is 3.07. The van der Waals surface area contributed by atoms with E-state index >= 15 is 0 Å². The van der Waals surface area contributed by atoms with Gasteiger partial charge < -0.3 is 9.73 Å². The van der Waals surface area contributed by atoms with Gasteiger partial charge in [0.1, 0.15) is 12.3 Å². The number of nitrogens with one attached hydrogen (secondary N) is 1. The Morgan fingerprint density at radius 1 is 1.27 bits per heavy atom. The molecule has 0 aliphatic carbocycles. The first kappa shape index (κ1) is 20.2. The van der Waals surface area contributed by atoms with Gasteiger partial charge in [-0.3, -0.25) is 9.10 Å². The molecule has 1 aromatic carbocycles. The predicted octanol–water partition coefficient (Wildman–Crippen LogP) is 2.37. The molecule has 0 aliphatic heterocycles. The van der Waals surface area contributed by atoms with Crippen molar-refractivity contribution < 1.29 is 26.4 Å². The van der Waals surface area contributed by atoms with Gasteiger partial charge in [-0.05, 0) is 24.3 Å². The van der Waals surface area contributed by atoms with Gasteiger partial charge in [0.25, 0.3) is 0 Å². The zero-order valence-corrected chi connectivity index (χ0v) is 15.6. The highest BCUT2D eigenvalue weighted by Crippen LogP contribution is 2.20. The van der Waals surface area contributed by atoms with Crippen molar-refractivity contribution in [2.24, 2.45) is 0 Å². The summed E-state index contributed by atoms with van der Waals surface area (Å²) in [6, 6.07) is 6.29. The lowest BCUT2D eigenvalue weighted by Gasteiger charge is -2.22. The predicted molar refractivity (Wildman–Crippen MR) is 96.4 cm³/mol. The van der Waals surface area contributed by atoms with Crippen LogP contribution in [0.25, 0.3) is 0 Å². The monoisotopic (exact) mass is 404 g/mol. The highest BCUT2D eigenvalue weighted by atomic mass is 32.2. The number of amides is 1. The minimum Gasteiger partial charge on any atom is -0.468 e. The first-order valence-electron chi connectivity index (χ1n) is 7.57. The smallest absolute Gasteiger partial charge is 0.240 e. The number of benzene rings is 1. The van der Waals surface area contributed by atoms with Crippen LogP contribution in [0, 0.1) is 11.6 Å². The number of nitrogens with zero attached hydrogens (tertiary/aromatic N) is 1. The highest BCUT2D eigenvalue weighted by Gasteiger charge is 2.21. The molecule has 0 fully saturated rings. The summed E-state index contributed by atoms with van der Waals surface area (Å²) in [5.74, 6) is -0.739. The van der Waals surface area contributed by atoms with Crippen LogP contribution in [-0.2, 0) is 20.6 Å². The molecular formula is C16H18F2N2O4S2. The van der Waals surface area contributed by atoms with Gasteiger partial charge in [-0.2, -0.15) is 11.8 Å². The molecule has 0 atom stereocenters. The maximum atomic E-state index is 13.4. The molecule has 0 saturated carbocycles. The Bertz CT molecular complexity index is 842. The van der Waals surface area contributed by atoms with Crippen molar-refractivity contribution in [2.45, 2.75) is 5.75 Å². The zero-order valence-electron chi connectivity index (χ0n) is 13.9. The first-order chi connectivity index (χ1) is 12.3. The Morgan fingerprint density at radius 2 is 2.04 bits per heavy atom. The van der Waals surface area contributed by atoms with E-state index in [-0.39, 0.29) is 5.69 Å². The average molecular weight is 404 g/mol. The Kier molecular flexibility index (Phi) is 7.04. The fourth-order valence-electron chi connectivity index (χ4n) is 2.06. The first-order valence-corrected chi connectivity index (χ1v) is 10.6. The van der Waals surface area contributed by atoms with Crippen LogP contribution in [0.4, 0.5) is 14.5 Å². The van der Waals surface area contributed by atoms with Crippen LogP contribution in [0.1, 0.15) is 5.76 Å². The van der Waals surface area contributed by atoms with E-state index in [1.54, 1.807) is 24.1 Å². The summed E-state index contributed by atoms with van der Waals surface area (Å²) in [6.07, 6.45) is 2.47. The summed E-state index contributed by atoms with van der Waals surface area (Å²) in [5, 5.41) is 2.60. The number of carbonyl (C=O) groups is 1. The van der Waals surface area contributed by atoms with Crippen molar-refractivity contribution in [3.8, 4) is 0 Å². The van der Waals surface area contributed by atoms with E-state index in [0.717, 1.165) is 34.5 Å². The molecule has 2 aromatic rings. The second kappa shape index (κ2) is 9.04. The van der Waals surface area contributed by atoms with Crippen LogP contribution in [0.5, 0.6) is 0 Å². The minimum absolute atomic E-state index is 0.117. The van der Waals surface area contributed by atoms with E-state index in [9.17, 15) is 22.0 Å². The molecule has 1 aromatic heterocycles. The largest absolute Gasteiger partial charge is 0.468 e. The molecule has 0 aliphatic rings. The molecule has 1 heterocycles. The van der Waals surface area contributed by atoms with Crippen molar-refractivity contribution in [3.63, 3.8) is 0 Å². The number of hydrogen-bond acceptors (Lipinski definition) is 5. The maximum Gasteiger partial charge on any atom is 0.240 e. The highest BCUT2D eigenvalue weighted by molar-refractivity contribution is 7.98. The molecule has 6 nitrogen and oxygen atoms in total. The van der Waals surface area contributed by atoms with Gasteiger partial charge in [0, 0.05) is 18.4 Å². The number of sulfonamides is 1. The molecule has 0 spiro atoms. The van der Waals surface area contributed by atoms with E-state index in [2.05, 4.69) is 5.32 Å². The van der Waals surface area contributed by atoms with Gasteiger partial charge >= 0.3 is 0 Å². The fourth-order valence-corrected chi connectivity index (χ4v) is 3.66. The number of halogens is 2. The van der Waals surface area contributed by atoms with Crippen molar-refractivity contribution >= 4 is 33.4 Å². The summed E-state index contributed by atoms with van der Waals surface area (Å²) in [4.78, 5) is 12.0. The Labute approximate surface area is 154 Å². The molecule has 1 N–H and O–H groups in total. The van der Waals surface area contributed by atoms with E-state index in [1.807, 2.05) is 6.07 Å². The Hall–Kier alpha value is -2.07. The van der Waals surface area contributed by atoms with Crippen LogP contribution in [0.2, 0.25) is 0 Å². The number of anilines is 1. The topological polar surface area (TPSA) is 79.6 Å². The minimum atomic E-state index is -3.84. The fraction of sp³-hybridized carbons (Fsp3) is 0.312. The summed E-state index contributed by atoms with van der Waals surface area (Å²) < 4.78 is 56.1. The van der Waals surface area contributed by atoms with Gasteiger partial charge in [0.2, 0.25) is 15.9 Å². The number of furan rings is 1. The molecule has 2 rings (SSSR count). The van der Waals surface area contributed by atoms with Crippen LogP contribution < -0.4 is 9.62 Å². The van der Waals surface area contributed by atoms with E-state index in [0.29, 0.717) is 18.1 Å². The third kappa shape index (κ3) is 6.03. The molecule has 0 unspecified atom stereocenters. The second-order valence-corrected chi connectivity index (χ2v) is 8.36. The van der Waals surface area contributed by atoms with E-state index in [1.165, 1.54) is 0 Å². The third-order valence-corrected chi connectivity index (χ3v) is 5.39. The Balaban J connectivity index is 1.87. The SMILES string of the molecule is CS(=O)(=O)N(CC(=O)NCCSCc1ccco1)c1ccc(F)c(F)c1. The van der Waals surface area contributed by atoms with Crippen LogP contribution in [0.15, 0.2) is 41.0 Å². The van der Waals surface area contributed by atoms with Crippen molar-refractivity contribution in [1.82, 2.24) is 5.32 Å². The number of hydrogen-bond donors (Lipinski definition) is 1. The molecular weight excluding hydrogens is 386 g/mol. The van der Waals surface area contributed by atoms with Gasteiger partial charge in [0.05, 0.1) is 24.0 Å². The van der Waals surface area contributed by atoms with Crippen LogP contribution in [-0.4, -0.2) is 39.4 Å².